The first-order chi connectivity index (χ1) is 9.15. The number of aromatic hydroxyl groups is 2. The second-order valence-corrected chi connectivity index (χ2v) is 4.52. The van der Waals surface area contributed by atoms with Gasteiger partial charge in [-0.1, -0.05) is 0 Å². The van der Waals surface area contributed by atoms with E-state index in [1.54, 1.807) is 6.07 Å². The fourth-order valence-electron chi connectivity index (χ4n) is 1.98. The minimum absolute atomic E-state index is 0.152. The molecule has 6 heteroatoms. The Bertz CT molecular complexity index is 482. The van der Waals surface area contributed by atoms with Crippen LogP contribution in [0.5, 0.6) is 11.5 Å². The van der Waals surface area contributed by atoms with E-state index in [1.807, 2.05) is 0 Å². The summed E-state index contributed by atoms with van der Waals surface area (Å²) in [7, 11) is 0. The van der Waals surface area contributed by atoms with Gasteiger partial charge in [-0.3, -0.25) is 9.69 Å². The summed E-state index contributed by atoms with van der Waals surface area (Å²) in [5.74, 6) is -0.552. The van der Waals surface area contributed by atoms with Gasteiger partial charge in [-0.05, 0) is 49.7 Å². The van der Waals surface area contributed by atoms with Gasteiger partial charge in [0.15, 0.2) is 11.5 Å². The van der Waals surface area contributed by atoms with Gasteiger partial charge in [-0.25, -0.2) is 5.43 Å². The lowest BCUT2D eigenvalue weighted by molar-refractivity contribution is -0.121. The summed E-state index contributed by atoms with van der Waals surface area (Å²) >= 11 is 0. The molecule has 0 aliphatic carbocycles. The van der Waals surface area contributed by atoms with E-state index in [9.17, 15) is 9.90 Å². The van der Waals surface area contributed by atoms with Gasteiger partial charge in [0.2, 0.25) is 0 Å². The molecule has 0 atom stereocenters. The molecule has 2 rings (SSSR count). The Hall–Kier alpha value is -2.08. The summed E-state index contributed by atoms with van der Waals surface area (Å²) in [6.45, 7) is 2.28. The first-order valence-electron chi connectivity index (χ1n) is 6.21. The second-order valence-electron chi connectivity index (χ2n) is 4.52. The summed E-state index contributed by atoms with van der Waals surface area (Å²) in [5.41, 5.74) is 3.03. The fraction of sp³-hybridized carbons (Fsp3) is 0.385. The van der Waals surface area contributed by atoms with Crippen molar-refractivity contribution in [3.05, 3.63) is 23.8 Å². The molecule has 1 heterocycles. The van der Waals surface area contributed by atoms with Crippen molar-refractivity contribution in [3.8, 4) is 11.5 Å². The molecular formula is C13H17N3O3. The molecule has 1 amide bonds. The molecule has 1 aliphatic heterocycles. The van der Waals surface area contributed by atoms with E-state index in [1.165, 1.54) is 18.3 Å². The van der Waals surface area contributed by atoms with E-state index < -0.39 is 0 Å². The predicted molar refractivity (Wildman–Crippen MR) is 71.2 cm³/mol. The van der Waals surface area contributed by atoms with Gasteiger partial charge in [0, 0.05) is 0 Å². The number of carbonyl (C=O) groups is 1. The van der Waals surface area contributed by atoms with Crippen LogP contribution in [-0.4, -0.2) is 46.9 Å². The van der Waals surface area contributed by atoms with Crippen molar-refractivity contribution >= 4 is 12.1 Å². The third-order valence-corrected chi connectivity index (χ3v) is 2.97. The van der Waals surface area contributed by atoms with E-state index in [0.717, 1.165) is 25.9 Å². The average molecular weight is 263 g/mol. The fourth-order valence-corrected chi connectivity index (χ4v) is 1.98. The molecule has 0 saturated carbocycles. The SMILES string of the molecule is O=C(CN1CCCC1)NN=Cc1ccc(O)c(O)c1. The summed E-state index contributed by atoms with van der Waals surface area (Å²) < 4.78 is 0. The van der Waals surface area contributed by atoms with Crippen molar-refractivity contribution < 1.29 is 15.0 Å². The van der Waals surface area contributed by atoms with Crippen molar-refractivity contribution in [1.29, 1.82) is 0 Å². The number of nitrogens with zero attached hydrogens (tertiary/aromatic N) is 2. The highest BCUT2D eigenvalue weighted by atomic mass is 16.3. The van der Waals surface area contributed by atoms with Crippen molar-refractivity contribution in [2.45, 2.75) is 12.8 Å². The zero-order valence-electron chi connectivity index (χ0n) is 10.5. The molecular weight excluding hydrogens is 246 g/mol. The van der Waals surface area contributed by atoms with Crippen LogP contribution in [0.1, 0.15) is 18.4 Å². The van der Waals surface area contributed by atoms with E-state index in [0.29, 0.717) is 12.1 Å². The molecule has 102 valence electrons. The first kappa shape index (κ1) is 13.4. The number of phenolic OH excluding ortho intramolecular Hbond substituents is 2. The topological polar surface area (TPSA) is 85.2 Å². The largest absolute Gasteiger partial charge is 0.504 e. The summed E-state index contributed by atoms with van der Waals surface area (Å²) in [6, 6.07) is 4.32. The van der Waals surface area contributed by atoms with Crippen molar-refractivity contribution in [2.24, 2.45) is 5.10 Å². The molecule has 1 fully saturated rings. The van der Waals surface area contributed by atoms with Crippen LogP contribution in [0.15, 0.2) is 23.3 Å². The third kappa shape index (κ3) is 3.96. The molecule has 1 saturated heterocycles. The van der Waals surface area contributed by atoms with E-state index in [2.05, 4.69) is 15.4 Å². The second kappa shape index (κ2) is 6.19. The number of phenols is 2. The van der Waals surface area contributed by atoms with Crippen LogP contribution in [0.2, 0.25) is 0 Å². The normalized spacial score (nSPS) is 16.0. The molecule has 1 aromatic rings. The van der Waals surface area contributed by atoms with Crippen LogP contribution in [0.3, 0.4) is 0 Å². The minimum Gasteiger partial charge on any atom is -0.504 e. The Morgan fingerprint density at radius 2 is 2.05 bits per heavy atom. The number of hydrogen-bond acceptors (Lipinski definition) is 5. The van der Waals surface area contributed by atoms with Gasteiger partial charge >= 0.3 is 0 Å². The molecule has 6 nitrogen and oxygen atoms in total. The van der Waals surface area contributed by atoms with Crippen LogP contribution >= 0.6 is 0 Å². The third-order valence-electron chi connectivity index (χ3n) is 2.97. The van der Waals surface area contributed by atoms with E-state index in [-0.39, 0.29) is 17.4 Å². The number of likely N-dealkylation sites (tertiary alicyclic amines) is 1. The molecule has 0 bridgehead atoms. The zero-order valence-corrected chi connectivity index (χ0v) is 10.5. The van der Waals surface area contributed by atoms with Gasteiger partial charge < -0.3 is 10.2 Å². The molecule has 1 aliphatic rings. The Morgan fingerprint density at radius 1 is 1.32 bits per heavy atom. The van der Waals surface area contributed by atoms with Gasteiger partial charge in [-0.2, -0.15) is 5.10 Å². The minimum atomic E-state index is -0.215. The maximum Gasteiger partial charge on any atom is 0.254 e. The summed E-state index contributed by atoms with van der Waals surface area (Å²) in [4.78, 5) is 13.6. The smallest absolute Gasteiger partial charge is 0.254 e. The van der Waals surface area contributed by atoms with Gasteiger partial charge in [0.05, 0.1) is 12.8 Å². The number of benzene rings is 1. The van der Waals surface area contributed by atoms with Crippen molar-refractivity contribution in [1.82, 2.24) is 10.3 Å². The molecule has 0 aromatic heterocycles. The predicted octanol–water partition coefficient (Wildman–Crippen LogP) is 0.644. The highest BCUT2D eigenvalue weighted by Gasteiger charge is 2.14. The number of hydrogen-bond donors (Lipinski definition) is 3. The number of rotatable bonds is 4. The Morgan fingerprint density at radius 3 is 2.74 bits per heavy atom. The number of nitrogens with one attached hydrogen (secondary N) is 1. The van der Waals surface area contributed by atoms with Crippen LogP contribution in [0, 0.1) is 0 Å². The lowest BCUT2D eigenvalue weighted by Crippen LogP contribution is -2.33. The van der Waals surface area contributed by atoms with E-state index in [4.69, 9.17) is 5.11 Å². The average Bonchev–Trinajstić information content (AvgIpc) is 2.86. The van der Waals surface area contributed by atoms with Crippen LogP contribution in [0.25, 0.3) is 0 Å². The maximum absolute atomic E-state index is 11.6. The molecule has 0 unspecified atom stereocenters. The Balaban J connectivity index is 1.81. The summed E-state index contributed by atoms with van der Waals surface area (Å²) in [5, 5.41) is 22.2. The standard InChI is InChI=1S/C13H17N3O3/c17-11-4-3-10(7-12(11)18)8-14-15-13(19)9-16-5-1-2-6-16/h3-4,7-8,17-18H,1-2,5-6,9H2,(H,15,19). The summed E-state index contributed by atoms with van der Waals surface area (Å²) in [6.07, 6.45) is 3.70. The molecule has 0 spiro atoms. The van der Waals surface area contributed by atoms with Gasteiger partial charge in [-0.15, -0.1) is 0 Å². The number of hydrazone groups is 1. The quantitative estimate of drug-likeness (QED) is 0.423. The Labute approximate surface area is 111 Å². The maximum atomic E-state index is 11.6. The Kier molecular flexibility index (Phi) is 4.35. The molecule has 1 aromatic carbocycles. The lowest BCUT2D eigenvalue weighted by atomic mass is 10.2. The van der Waals surface area contributed by atoms with Gasteiger partial charge in [0.1, 0.15) is 0 Å². The lowest BCUT2D eigenvalue weighted by Gasteiger charge is -2.12. The first-order valence-corrected chi connectivity index (χ1v) is 6.21. The van der Waals surface area contributed by atoms with Crippen molar-refractivity contribution in [3.63, 3.8) is 0 Å². The number of carbonyl (C=O) groups excluding carboxylic acids is 1. The number of amides is 1. The monoisotopic (exact) mass is 263 g/mol. The highest BCUT2D eigenvalue weighted by molar-refractivity contribution is 5.83. The van der Waals surface area contributed by atoms with E-state index >= 15 is 0 Å². The molecule has 0 radical (unpaired) electrons. The van der Waals surface area contributed by atoms with Crippen LogP contribution < -0.4 is 5.43 Å². The van der Waals surface area contributed by atoms with Crippen LogP contribution in [0.4, 0.5) is 0 Å². The zero-order chi connectivity index (χ0) is 13.7. The highest BCUT2D eigenvalue weighted by Crippen LogP contribution is 2.23. The molecule has 3 N–H and O–H groups in total. The van der Waals surface area contributed by atoms with Gasteiger partial charge in [0.25, 0.3) is 5.91 Å². The van der Waals surface area contributed by atoms with Crippen molar-refractivity contribution in [2.75, 3.05) is 19.6 Å². The molecule has 19 heavy (non-hydrogen) atoms. The van der Waals surface area contributed by atoms with Crippen LogP contribution in [-0.2, 0) is 4.79 Å².